The smallest absolute Gasteiger partial charge is 0.226 e. The van der Waals surface area contributed by atoms with Crippen molar-refractivity contribution in [3.8, 4) is 6.07 Å². The Kier molecular flexibility index (Phi) is 4.09. The van der Waals surface area contributed by atoms with Gasteiger partial charge in [-0.25, -0.2) is 4.98 Å². The molecule has 6 rings (SSSR count). The molecule has 1 aromatic rings. The number of piperazine rings is 1. The first-order valence-electron chi connectivity index (χ1n) is 11.5. The molecule has 1 amide bonds. The zero-order valence-corrected chi connectivity index (χ0v) is 17.0. The number of nitrogens with one attached hydrogen (secondary N) is 1. The van der Waals surface area contributed by atoms with Crippen molar-refractivity contribution in [1.82, 2.24) is 15.2 Å². The predicted molar refractivity (Wildman–Crippen MR) is 109 cm³/mol. The van der Waals surface area contributed by atoms with Crippen molar-refractivity contribution in [1.29, 1.82) is 5.26 Å². The lowest BCUT2D eigenvalue weighted by Gasteiger charge is -2.43. The molecule has 1 atom stereocenters. The minimum absolute atomic E-state index is 0.285. The first-order valence-corrected chi connectivity index (χ1v) is 11.5. The van der Waals surface area contributed by atoms with Gasteiger partial charge in [0.15, 0.2) is 0 Å². The van der Waals surface area contributed by atoms with Gasteiger partial charge in [-0.3, -0.25) is 4.79 Å². The topological polar surface area (TPSA) is 72.3 Å². The normalized spacial score (nSPS) is 26.8. The molecule has 152 valence electrons. The molecule has 29 heavy (non-hydrogen) atoms. The van der Waals surface area contributed by atoms with Crippen LogP contribution in [0.5, 0.6) is 0 Å². The Balaban J connectivity index is 1.35. The SMILES string of the molecule is N#Cc1c(N2CCN(C(=O)C3CC3)C(C3CC3)C2)nc(C2CC2)c2c1CCNC2. The van der Waals surface area contributed by atoms with E-state index in [2.05, 4.69) is 21.2 Å². The van der Waals surface area contributed by atoms with Crippen LogP contribution in [0.2, 0.25) is 0 Å². The van der Waals surface area contributed by atoms with Crippen molar-refractivity contribution >= 4 is 11.7 Å². The molecule has 5 aliphatic rings. The lowest BCUT2D eigenvalue weighted by molar-refractivity contribution is -0.135. The van der Waals surface area contributed by atoms with Crippen molar-refractivity contribution in [2.75, 3.05) is 31.1 Å². The summed E-state index contributed by atoms with van der Waals surface area (Å²) in [7, 11) is 0. The second-order valence-corrected chi connectivity index (χ2v) is 9.62. The van der Waals surface area contributed by atoms with Gasteiger partial charge >= 0.3 is 0 Å². The van der Waals surface area contributed by atoms with E-state index in [0.29, 0.717) is 23.8 Å². The largest absolute Gasteiger partial charge is 0.352 e. The number of aromatic nitrogens is 1. The predicted octanol–water partition coefficient (Wildman–Crippen LogP) is 2.31. The van der Waals surface area contributed by atoms with Gasteiger partial charge in [-0.05, 0) is 68.5 Å². The van der Waals surface area contributed by atoms with Gasteiger partial charge in [0, 0.05) is 38.0 Å². The lowest BCUT2D eigenvalue weighted by Crippen LogP contribution is -2.57. The van der Waals surface area contributed by atoms with Crippen molar-refractivity contribution in [2.45, 2.75) is 63.5 Å². The van der Waals surface area contributed by atoms with Gasteiger partial charge in [0.25, 0.3) is 0 Å². The summed E-state index contributed by atoms with van der Waals surface area (Å²) in [5.74, 6) is 2.78. The van der Waals surface area contributed by atoms with E-state index in [1.807, 2.05) is 0 Å². The Labute approximate surface area is 172 Å². The highest BCUT2D eigenvalue weighted by Crippen LogP contribution is 2.45. The van der Waals surface area contributed by atoms with Gasteiger partial charge in [-0.1, -0.05) is 0 Å². The molecule has 1 aromatic heterocycles. The van der Waals surface area contributed by atoms with Gasteiger partial charge in [-0.15, -0.1) is 0 Å². The Morgan fingerprint density at radius 3 is 2.62 bits per heavy atom. The number of rotatable bonds is 4. The highest BCUT2D eigenvalue weighted by Gasteiger charge is 2.45. The summed E-state index contributed by atoms with van der Waals surface area (Å²) in [6.45, 7) is 4.19. The number of nitriles is 1. The van der Waals surface area contributed by atoms with Gasteiger partial charge in [0.05, 0.1) is 17.3 Å². The number of nitrogens with zero attached hydrogens (tertiary/aromatic N) is 4. The highest BCUT2D eigenvalue weighted by molar-refractivity contribution is 5.82. The Bertz CT molecular complexity index is 894. The third kappa shape index (κ3) is 3.11. The second kappa shape index (κ2) is 6.70. The van der Waals surface area contributed by atoms with E-state index in [9.17, 15) is 10.1 Å². The summed E-state index contributed by atoms with van der Waals surface area (Å²) in [6, 6.07) is 2.82. The first kappa shape index (κ1) is 17.7. The Morgan fingerprint density at radius 1 is 1.10 bits per heavy atom. The Hall–Kier alpha value is -2.13. The maximum Gasteiger partial charge on any atom is 0.226 e. The van der Waals surface area contributed by atoms with Crippen LogP contribution in [0.4, 0.5) is 5.82 Å². The van der Waals surface area contributed by atoms with E-state index >= 15 is 0 Å². The molecule has 0 radical (unpaired) electrons. The van der Waals surface area contributed by atoms with Crippen LogP contribution in [0.25, 0.3) is 0 Å². The summed E-state index contributed by atoms with van der Waals surface area (Å²) in [4.78, 5) is 22.5. The van der Waals surface area contributed by atoms with Crippen molar-refractivity contribution < 1.29 is 4.79 Å². The van der Waals surface area contributed by atoms with Crippen LogP contribution in [-0.4, -0.2) is 48.0 Å². The molecule has 0 spiro atoms. The summed E-state index contributed by atoms with van der Waals surface area (Å²) >= 11 is 0. The van der Waals surface area contributed by atoms with Crippen molar-refractivity contribution in [3.63, 3.8) is 0 Å². The minimum Gasteiger partial charge on any atom is -0.352 e. The van der Waals surface area contributed by atoms with Crippen LogP contribution in [0.1, 0.15) is 66.8 Å². The van der Waals surface area contributed by atoms with E-state index in [-0.39, 0.29) is 5.92 Å². The fourth-order valence-corrected chi connectivity index (χ4v) is 5.34. The Morgan fingerprint density at radius 2 is 1.93 bits per heavy atom. The molecule has 6 heteroatoms. The van der Waals surface area contributed by atoms with Gasteiger partial charge in [0.1, 0.15) is 11.9 Å². The maximum atomic E-state index is 12.8. The standard InChI is InChI=1S/C23H29N5O/c24-11-18-17-7-8-25-12-19(17)21(15-3-4-15)26-22(18)27-9-10-28(23(29)16-5-6-16)20(13-27)14-1-2-14/h14-16,20,25H,1-10,12-13H2. The van der Waals surface area contributed by atoms with Gasteiger partial charge in [-0.2, -0.15) is 5.26 Å². The fraction of sp³-hybridized carbons (Fsp3) is 0.696. The molecule has 0 aromatic carbocycles. The molecule has 0 bridgehead atoms. The number of pyridine rings is 1. The molecule has 3 saturated carbocycles. The van der Waals surface area contributed by atoms with Crippen LogP contribution < -0.4 is 10.2 Å². The second-order valence-electron chi connectivity index (χ2n) is 9.62. The molecule has 6 nitrogen and oxygen atoms in total. The van der Waals surface area contributed by atoms with Crippen LogP contribution in [0, 0.1) is 23.2 Å². The number of anilines is 1. The van der Waals surface area contributed by atoms with Crippen LogP contribution in [0.3, 0.4) is 0 Å². The minimum atomic E-state index is 0.285. The van der Waals surface area contributed by atoms with Gasteiger partial charge in [0.2, 0.25) is 5.91 Å². The molecule has 1 saturated heterocycles. The summed E-state index contributed by atoms with van der Waals surface area (Å²) in [5.41, 5.74) is 4.56. The zero-order chi connectivity index (χ0) is 19.5. The quantitative estimate of drug-likeness (QED) is 0.853. The number of hydrogen-bond donors (Lipinski definition) is 1. The van der Waals surface area contributed by atoms with E-state index < -0.39 is 0 Å². The number of amides is 1. The average molecular weight is 392 g/mol. The number of carbonyl (C=O) groups is 1. The fourth-order valence-electron chi connectivity index (χ4n) is 5.34. The highest BCUT2D eigenvalue weighted by atomic mass is 16.2. The number of fused-ring (bicyclic) bond motifs is 1. The van der Waals surface area contributed by atoms with Crippen molar-refractivity contribution in [2.24, 2.45) is 11.8 Å². The lowest BCUT2D eigenvalue weighted by atomic mass is 9.93. The summed E-state index contributed by atoms with van der Waals surface area (Å²) < 4.78 is 0. The monoisotopic (exact) mass is 391 g/mol. The van der Waals surface area contributed by atoms with Crippen LogP contribution >= 0.6 is 0 Å². The molecule has 1 N–H and O–H groups in total. The third-order valence-electron chi connectivity index (χ3n) is 7.45. The molecule has 3 heterocycles. The van der Waals surface area contributed by atoms with Crippen molar-refractivity contribution in [3.05, 3.63) is 22.4 Å². The molecular formula is C23H29N5O. The molecule has 4 fully saturated rings. The molecular weight excluding hydrogens is 362 g/mol. The van der Waals surface area contributed by atoms with Crippen LogP contribution in [0.15, 0.2) is 0 Å². The van der Waals surface area contributed by atoms with Crippen LogP contribution in [-0.2, 0) is 17.8 Å². The zero-order valence-electron chi connectivity index (χ0n) is 17.0. The maximum absolute atomic E-state index is 12.8. The average Bonchev–Trinajstić information content (AvgIpc) is 3.60. The summed E-state index contributed by atoms with van der Waals surface area (Å²) in [5, 5.41) is 13.5. The first-order chi connectivity index (χ1) is 14.2. The molecule has 2 aliphatic heterocycles. The van der Waals surface area contributed by atoms with E-state index in [1.165, 1.54) is 42.5 Å². The van der Waals surface area contributed by atoms with E-state index in [0.717, 1.165) is 63.4 Å². The number of hydrogen-bond acceptors (Lipinski definition) is 5. The third-order valence-corrected chi connectivity index (χ3v) is 7.45. The van der Waals surface area contributed by atoms with E-state index in [4.69, 9.17) is 4.98 Å². The van der Waals surface area contributed by atoms with E-state index in [1.54, 1.807) is 0 Å². The molecule has 3 aliphatic carbocycles. The summed E-state index contributed by atoms with van der Waals surface area (Å²) in [6.07, 6.45) is 7.96. The van der Waals surface area contributed by atoms with Gasteiger partial charge < -0.3 is 15.1 Å². The number of carbonyl (C=O) groups excluding carboxylic acids is 1. The molecule has 1 unspecified atom stereocenters.